The minimum absolute atomic E-state index is 0.0855. The average molecular weight is 422 g/mol. The lowest BCUT2D eigenvalue weighted by Crippen LogP contribution is -2.54. The van der Waals surface area contributed by atoms with Crippen LogP contribution in [0.5, 0.6) is 0 Å². The number of hydrogen-bond donors (Lipinski definition) is 2. The Hall–Kier alpha value is -2.42. The van der Waals surface area contributed by atoms with Crippen LogP contribution in [0.4, 0.5) is 4.79 Å². The predicted molar refractivity (Wildman–Crippen MR) is 107 cm³/mol. The molecule has 0 aromatic carbocycles. The Morgan fingerprint density at radius 2 is 2.10 bits per heavy atom. The molecule has 8 nitrogen and oxygen atoms in total. The van der Waals surface area contributed by atoms with Crippen molar-refractivity contribution in [1.82, 2.24) is 15.5 Å². The fourth-order valence-electron chi connectivity index (χ4n) is 4.62. The second-order valence-electron chi connectivity index (χ2n) is 8.77. The normalized spacial score (nSPS) is 25.8. The maximum Gasteiger partial charge on any atom is 0.326 e. The summed E-state index contributed by atoms with van der Waals surface area (Å²) < 4.78 is 4.95. The van der Waals surface area contributed by atoms with E-state index in [0.717, 1.165) is 16.2 Å². The molecule has 1 aromatic heterocycles. The number of thiophene rings is 1. The fourth-order valence-corrected chi connectivity index (χ4v) is 5.26. The Bertz CT molecular complexity index is 807. The highest BCUT2D eigenvalue weighted by atomic mass is 32.1. The van der Waals surface area contributed by atoms with Gasteiger partial charge in [-0.1, -0.05) is 26.8 Å². The van der Waals surface area contributed by atoms with Crippen LogP contribution in [0.25, 0.3) is 0 Å². The maximum atomic E-state index is 13.0. The molecule has 9 heteroatoms. The van der Waals surface area contributed by atoms with Gasteiger partial charge in [0.25, 0.3) is 11.8 Å². The number of nitrogens with one attached hydrogen (secondary N) is 2. The van der Waals surface area contributed by atoms with Crippen LogP contribution in [0.15, 0.2) is 17.5 Å². The molecule has 158 valence electrons. The van der Waals surface area contributed by atoms with Crippen LogP contribution in [0, 0.1) is 11.3 Å². The summed E-state index contributed by atoms with van der Waals surface area (Å²) in [5.41, 5.74) is -1.05. The molecule has 0 unspecified atom stereocenters. The molecule has 1 aromatic rings. The number of esters is 1. The minimum atomic E-state index is -0.962. The van der Waals surface area contributed by atoms with Crippen molar-refractivity contribution < 1.29 is 23.9 Å². The van der Waals surface area contributed by atoms with Gasteiger partial charge in [-0.2, -0.15) is 0 Å². The largest absolute Gasteiger partial charge is 0.454 e. The van der Waals surface area contributed by atoms with Gasteiger partial charge in [0.2, 0.25) is 0 Å². The van der Waals surface area contributed by atoms with Crippen molar-refractivity contribution in [2.75, 3.05) is 13.2 Å². The first-order valence-corrected chi connectivity index (χ1v) is 10.6. The van der Waals surface area contributed by atoms with Gasteiger partial charge in [0, 0.05) is 4.88 Å². The second-order valence-corrected chi connectivity index (χ2v) is 9.81. The SMILES string of the molecule is C[C@H]1CC(C)(C)C[C@]2(C1)NC(=O)N(CC(=O)OCC(=O)NCc1cccs1)C2=O. The molecule has 2 N–H and O–H groups in total. The van der Waals surface area contributed by atoms with Crippen LogP contribution >= 0.6 is 11.3 Å². The molecule has 1 aliphatic heterocycles. The van der Waals surface area contributed by atoms with Crippen LogP contribution in [0.3, 0.4) is 0 Å². The lowest BCUT2D eigenvalue weighted by molar-refractivity contribution is -0.151. The molecule has 0 bridgehead atoms. The first-order chi connectivity index (χ1) is 13.6. The Labute approximate surface area is 174 Å². The predicted octanol–water partition coefficient (Wildman–Crippen LogP) is 2.04. The summed E-state index contributed by atoms with van der Waals surface area (Å²) in [4.78, 5) is 51.2. The first kappa shape index (κ1) is 21.3. The van der Waals surface area contributed by atoms with E-state index in [1.54, 1.807) is 0 Å². The number of nitrogens with zero attached hydrogens (tertiary/aromatic N) is 1. The Morgan fingerprint density at radius 1 is 1.34 bits per heavy atom. The number of amides is 4. The third kappa shape index (κ3) is 4.95. The van der Waals surface area contributed by atoms with E-state index in [0.29, 0.717) is 19.4 Å². The highest BCUT2D eigenvalue weighted by Gasteiger charge is 2.56. The Balaban J connectivity index is 1.52. The van der Waals surface area contributed by atoms with E-state index in [-0.39, 0.29) is 17.2 Å². The molecule has 3 rings (SSSR count). The summed E-state index contributed by atoms with van der Waals surface area (Å²) in [5.74, 6) is -1.34. The van der Waals surface area contributed by atoms with Gasteiger partial charge in [0.1, 0.15) is 12.1 Å². The van der Waals surface area contributed by atoms with E-state index >= 15 is 0 Å². The monoisotopic (exact) mass is 421 g/mol. The number of rotatable bonds is 6. The highest BCUT2D eigenvalue weighted by Crippen LogP contribution is 2.46. The summed E-state index contributed by atoms with van der Waals surface area (Å²) in [6.45, 7) is 5.62. The summed E-state index contributed by atoms with van der Waals surface area (Å²) >= 11 is 1.51. The molecule has 1 saturated heterocycles. The molecule has 1 spiro atoms. The lowest BCUT2D eigenvalue weighted by Gasteiger charge is -2.43. The number of urea groups is 1. The molecule has 4 amide bonds. The van der Waals surface area contributed by atoms with Crippen molar-refractivity contribution in [2.24, 2.45) is 11.3 Å². The quantitative estimate of drug-likeness (QED) is 0.540. The van der Waals surface area contributed by atoms with Gasteiger partial charge in [-0.15, -0.1) is 11.3 Å². The summed E-state index contributed by atoms with van der Waals surface area (Å²) in [7, 11) is 0. The molecule has 2 atom stereocenters. The third-order valence-corrected chi connectivity index (χ3v) is 6.19. The van der Waals surface area contributed by atoms with Gasteiger partial charge in [0.05, 0.1) is 6.54 Å². The summed E-state index contributed by atoms with van der Waals surface area (Å²) in [6, 6.07) is 3.18. The smallest absolute Gasteiger partial charge is 0.326 e. The molecular weight excluding hydrogens is 394 g/mol. The molecule has 1 aliphatic carbocycles. The molecular formula is C20H27N3O5S. The molecule has 2 fully saturated rings. The molecule has 2 heterocycles. The highest BCUT2D eigenvalue weighted by molar-refractivity contribution is 7.09. The van der Waals surface area contributed by atoms with E-state index in [1.807, 2.05) is 17.5 Å². The van der Waals surface area contributed by atoms with E-state index in [9.17, 15) is 19.2 Å². The summed E-state index contributed by atoms with van der Waals surface area (Å²) in [5, 5.41) is 7.36. The first-order valence-electron chi connectivity index (χ1n) is 9.69. The zero-order chi connectivity index (χ0) is 21.2. The second kappa shape index (κ2) is 8.14. The zero-order valence-corrected chi connectivity index (χ0v) is 17.8. The van der Waals surface area contributed by atoms with Crippen LogP contribution in [0.1, 0.15) is 44.9 Å². The van der Waals surface area contributed by atoms with E-state index < -0.39 is 36.6 Å². The van der Waals surface area contributed by atoms with E-state index in [1.165, 1.54) is 11.3 Å². The average Bonchev–Trinajstić information content (AvgIpc) is 3.19. The minimum Gasteiger partial charge on any atom is -0.454 e. The van der Waals surface area contributed by atoms with Gasteiger partial charge in [-0.25, -0.2) is 4.79 Å². The number of hydrogen-bond acceptors (Lipinski definition) is 6. The number of imide groups is 1. The maximum absolute atomic E-state index is 13.0. The topological polar surface area (TPSA) is 105 Å². The number of ether oxygens (including phenoxy) is 1. The number of carbonyl (C=O) groups excluding carboxylic acids is 4. The Kier molecular flexibility index (Phi) is 5.97. The number of carbonyl (C=O) groups is 4. The zero-order valence-electron chi connectivity index (χ0n) is 16.9. The molecule has 0 radical (unpaired) electrons. The van der Waals surface area contributed by atoms with Crippen molar-refractivity contribution in [2.45, 2.75) is 52.1 Å². The van der Waals surface area contributed by atoms with Gasteiger partial charge >= 0.3 is 12.0 Å². The van der Waals surface area contributed by atoms with Crippen LogP contribution in [-0.2, 0) is 25.7 Å². The van der Waals surface area contributed by atoms with Crippen molar-refractivity contribution in [3.05, 3.63) is 22.4 Å². The standard InChI is InChI=1S/C20H27N3O5S/c1-13-7-19(2,3)12-20(8-13)17(26)23(18(27)22-20)10-16(25)28-11-15(24)21-9-14-5-4-6-29-14/h4-6,13H,7-12H2,1-3H3,(H,21,24)(H,22,27)/t13-,20-/m0/s1. The molecule has 1 saturated carbocycles. The molecule has 2 aliphatic rings. The summed E-state index contributed by atoms with van der Waals surface area (Å²) in [6.07, 6.45) is 2.06. The van der Waals surface area contributed by atoms with Crippen LogP contribution in [-0.4, -0.2) is 47.4 Å². The van der Waals surface area contributed by atoms with Crippen molar-refractivity contribution in [3.63, 3.8) is 0 Å². The van der Waals surface area contributed by atoms with Crippen molar-refractivity contribution in [3.8, 4) is 0 Å². The van der Waals surface area contributed by atoms with Gasteiger partial charge in [0.15, 0.2) is 6.61 Å². The third-order valence-electron chi connectivity index (χ3n) is 5.32. The van der Waals surface area contributed by atoms with Gasteiger partial charge < -0.3 is 15.4 Å². The van der Waals surface area contributed by atoms with Gasteiger partial charge in [-0.3, -0.25) is 19.3 Å². The lowest BCUT2D eigenvalue weighted by atomic mass is 9.64. The molecule has 29 heavy (non-hydrogen) atoms. The Morgan fingerprint density at radius 3 is 2.76 bits per heavy atom. The van der Waals surface area contributed by atoms with Crippen molar-refractivity contribution in [1.29, 1.82) is 0 Å². The van der Waals surface area contributed by atoms with Crippen molar-refractivity contribution >= 4 is 35.2 Å². The van der Waals surface area contributed by atoms with E-state index in [2.05, 4.69) is 31.4 Å². The van der Waals surface area contributed by atoms with Crippen LogP contribution < -0.4 is 10.6 Å². The fraction of sp³-hybridized carbons (Fsp3) is 0.600. The van der Waals surface area contributed by atoms with Crippen LogP contribution in [0.2, 0.25) is 0 Å². The van der Waals surface area contributed by atoms with Gasteiger partial charge in [-0.05, 0) is 42.0 Å². The van der Waals surface area contributed by atoms with E-state index in [4.69, 9.17) is 4.74 Å².